The molecule has 0 amide bonds. The fourth-order valence-corrected chi connectivity index (χ4v) is 1.93. The van der Waals surface area contributed by atoms with Crippen molar-refractivity contribution in [2.24, 2.45) is 12.8 Å². The van der Waals surface area contributed by atoms with Crippen molar-refractivity contribution < 1.29 is 9.53 Å². The highest BCUT2D eigenvalue weighted by Gasteiger charge is 2.15. The van der Waals surface area contributed by atoms with Gasteiger partial charge in [-0.1, -0.05) is 0 Å². The number of hydrogen-bond acceptors (Lipinski definition) is 6. The van der Waals surface area contributed by atoms with Gasteiger partial charge in [0.1, 0.15) is 6.04 Å². The van der Waals surface area contributed by atoms with Crippen LogP contribution < -0.4 is 17.0 Å². The van der Waals surface area contributed by atoms with Gasteiger partial charge in [-0.2, -0.15) is 0 Å². The molecule has 0 radical (unpaired) electrons. The molecular weight excluding hydrogens is 288 g/mol. The molecule has 0 aromatic carbocycles. The topological polar surface area (TPSA) is 109 Å². The lowest BCUT2D eigenvalue weighted by atomic mass is 10.1. The van der Waals surface area contributed by atoms with E-state index in [2.05, 4.69) is 9.72 Å². The summed E-state index contributed by atoms with van der Waals surface area (Å²) < 4.78 is 6.85. The van der Waals surface area contributed by atoms with Gasteiger partial charge in [0.15, 0.2) is 0 Å². The first-order chi connectivity index (χ1) is 10.4. The number of carbonyl (C=O) groups excluding carboxylic acids is 1. The quantitative estimate of drug-likeness (QED) is 0.724. The van der Waals surface area contributed by atoms with Crippen molar-refractivity contribution in [1.82, 2.24) is 14.1 Å². The minimum absolute atomic E-state index is 0.203. The second kappa shape index (κ2) is 6.35. The molecular formula is C14H16N4O4. The van der Waals surface area contributed by atoms with E-state index in [0.29, 0.717) is 11.4 Å². The Morgan fingerprint density at radius 3 is 2.68 bits per heavy atom. The van der Waals surface area contributed by atoms with Crippen LogP contribution in [0.15, 0.2) is 40.2 Å². The summed E-state index contributed by atoms with van der Waals surface area (Å²) in [5.41, 5.74) is 5.66. The van der Waals surface area contributed by atoms with Gasteiger partial charge in [0.05, 0.1) is 19.0 Å². The molecule has 0 unspecified atom stereocenters. The van der Waals surface area contributed by atoms with E-state index in [1.165, 1.54) is 30.1 Å². The molecule has 2 aromatic heterocycles. The molecule has 8 nitrogen and oxygen atoms in total. The van der Waals surface area contributed by atoms with Crippen LogP contribution in [0.1, 0.15) is 5.69 Å². The molecule has 0 saturated carbocycles. The van der Waals surface area contributed by atoms with E-state index in [-0.39, 0.29) is 6.42 Å². The number of pyridine rings is 1. The summed E-state index contributed by atoms with van der Waals surface area (Å²) in [4.78, 5) is 39.2. The van der Waals surface area contributed by atoms with E-state index in [0.717, 1.165) is 4.57 Å². The summed E-state index contributed by atoms with van der Waals surface area (Å²) in [5, 5.41) is 0. The molecule has 116 valence electrons. The van der Waals surface area contributed by atoms with Gasteiger partial charge >= 0.3 is 11.7 Å². The Hall–Kier alpha value is -2.74. The minimum atomic E-state index is -0.810. The highest BCUT2D eigenvalue weighted by atomic mass is 16.5. The van der Waals surface area contributed by atoms with Gasteiger partial charge in [-0.05, 0) is 12.1 Å². The third kappa shape index (κ3) is 3.12. The number of ether oxygens (including phenoxy) is 1. The summed E-state index contributed by atoms with van der Waals surface area (Å²) in [6.45, 7) is 0. The number of carbonyl (C=O) groups is 1. The standard InChI is InChI=1S/C14H16N4O4/c1-17-6-5-12(19)18(14(17)21)10-4-3-9(16-8-10)7-11(15)13(20)22-2/h3-6,8,11H,7,15H2,1-2H3/t11-/m0/s1. The van der Waals surface area contributed by atoms with Gasteiger partial charge < -0.3 is 15.0 Å². The first kappa shape index (κ1) is 15.6. The van der Waals surface area contributed by atoms with Crippen LogP contribution in [0.3, 0.4) is 0 Å². The first-order valence-corrected chi connectivity index (χ1v) is 6.51. The Balaban J connectivity index is 2.31. The third-order valence-electron chi connectivity index (χ3n) is 3.15. The van der Waals surface area contributed by atoms with Gasteiger partial charge in [0, 0.05) is 31.4 Å². The van der Waals surface area contributed by atoms with E-state index >= 15 is 0 Å². The molecule has 2 aromatic rings. The van der Waals surface area contributed by atoms with Crippen molar-refractivity contribution >= 4 is 5.97 Å². The van der Waals surface area contributed by atoms with Crippen LogP contribution in [-0.4, -0.2) is 33.2 Å². The zero-order valence-corrected chi connectivity index (χ0v) is 12.2. The number of methoxy groups -OCH3 is 1. The van der Waals surface area contributed by atoms with E-state index in [9.17, 15) is 14.4 Å². The number of nitrogens with two attached hydrogens (primary N) is 1. The number of esters is 1. The predicted molar refractivity (Wildman–Crippen MR) is 78.8 cm³/mol. The zero-order valence-electron chi connectivity index (χ0n) is 12.2. The molecule has 0 fully saturated rings. The second-order valence-corrected chi connectivity index (χ2v) is 4.72. The predicted octanol–water partition coefficient (Wildman–Crippen LogP) is -1.03. The summed E-state index contributed by atoms with van der Waals surface area (Å²) >= 11 is 0. The van der Waals surface area contributed by atoms with Crippen LogP contribution in [0.4, 0.5) is 0 Å². The molecule has 2 heterocycles. The molecule has 22 heavy (non-hydrogen) atoms. The molecule has 2 rings (SSSR count). The summed E-state index contributed by atoms with van der Waals surface area (Å²) in [6, 6.07) is 3.67. The Labute approximate surface area is 125 Å². The maximum absolute atomic E-state index is 12.0. The third-order valence-corrected chi connectivity index (χ3v) is 3.15. The fourth-order valence-electron chi connectivity index (χ4n) is 1.93. The largest absolute Gasteiger partial charge is 0.468 e. The van der Waals surface area contributed by atoms with Gasteiger partial charge in [0.2, 0.25) is 0 Å². The smallest absolute Gasteiger partial charge is 0.335 e. The highest BCUT2D eigenvalue weighted by molar-refractivity contribution is 5.75. The van der Waals surface area contributed by atoms with Gasteiger partial charge in [-0.25, -0.2) is 9.36 Å². The van der Waals surface area contributed by atoms with E-state index in [1.807, 2.05) is 0 Å². The normalized spacial score (nSPS) is 12.0. The molecule has 1 atom stereocenters. The molecule has 0 spiro atoms. The first-order valence-electron chi connectivity index (χ1n) is 6.51. The van der Waals surface area contributed by atoms with Gasteiger partial charge in [-0.15, -0.1) is 0 Å². The van der Waals surface area contributed by atoms with E-state index in [1.54, 1.807) is 19.2 Å². The van der Waals surface area contributed by atoms with Gasteiger partial charge in [0.25, 0.3) is 5.56 Å². The number of rotatable bonds is 4. The average Bonchev–Trinajstić information content (AvgIpc) is 2.52. The maximum Gasteiger partial charge on any atom is 0.335 e. The lowest BCUT2D eigenvalue weighted by Crippen LogP contribution is -2.36. The lowest BCUT2D eigenvalue weighted by molar-refractivity contribution is -0.142. The van der Waals surface area contributed by atoms with Crippen LogP contribution in [0.5, 0.6) is 0 Å². The van der Waals surface area contributed by atoms with Crippen molar-refractivity contribution in [2.45, 2.75) is 12.5 Å². The Morgan fingerprint density at radius 1 is 1.36 bits per heavy atom. The van der Waals surface area contributed by atoms with Crippen molar-refractivity contribution in [1.29, 1.82) is 0 Å². The summed E-state index contributed by atoms with van der Waals surface area (Å²) in [5.74, 6) is -0.529. The highest BCUT2D eigenvalue weighted by Crippen LogP contribution is 2.05. The Morgan fingerprint density at radius 2 is 2.09 bits per heavy atom. The Bertz CT molecular complexity index is 792. The van der Waals surface area contributed by atoms with Crippen molar-refractivity contribution in [3.8, 4) is 5.69 Å². The number of nitrogens with zero attached hydrogens (tertiary/aromatic N) is 3. The van der Waals surface area contributed by atoms with Crippen molar-refractivity contribution in [3.63, 3.8) is 0 Å². The lowest BCUT2D eigenvalue weighted by Gasteiger charge is -2.10. The minimum Gasteiger partial charge on any atom is -0.468 e. The number of aryl methyl sites for hydroxylation is 1. The number of aromatic nitrogens is 3. The SMILES string of the molecule is COC(=O)[C@@H](N)Cc1ccc(-n2c(=O)ccn(C)c2=O)cn1. The van der Waals surface area contributed by atoms with Gasteiger partial charge in [-0.3, -0.25) is 14.6 Å². The molecule has 0 aliphatic carbocycles. The van der Waals surface area contributed by atoms with Crippen LogP contribution >= 0.6 is 0 Å². The van der Waals surface area contributed by atoms with Crippen molar-refractivity contribution in [3.05, 3.63) is 57.1 Å². The van der Waals surface area contributed by atoms with Crippen LogP contribution in [0, 0.1) is 0 Å². The van der Waals surface area contributed by atoms with Crippen molar-refractivity contribution in [2.75, 3.05) is 7.11 Å². The summed E-state index contributed by atoms with van der Waals surface area (Å²) in [7, 11) is 2.81. The molecule has 2 N–H and O–H groups in total. The number of hydrogen-bond donors (Lipinski definition) is 1. The summed E-state index contributed by atoms with van der Waals surface area (Å²) in [6.07, 6.45) is 3.00. The molecule has 0 bridgehead atoms. The zero-order chi connectivity index (χ0) is 16.3. The van der Waals surface area contributed by atoms with Crippen LogP contribution in [-0.2, 0) is 23.0 Å². The average molecular weight is 304 g/mol. The van der Waals surface area contributed by atoms with Crippen LogP contribution in [0.25, 0.3) is 5.69 Å². The van der Waals surface area contributed by atoms with E-state index in [4.69, 9.17) is 5.73 Å². The Kier molecular flexibility index (Phi) is 4.52. The monoisotopic (exact) mass is 304 g/mol. The molecule has 0 saturated heterocycles. The molecule has 8 heteroatoms. The fraction of sp³-hybridized carbons (Fsp3) is 0.286. The van der Waals surface area contributed by atoms with Crippen LogP contribution in [0.2, 0.25) is 0 Å². The second-order valence-electron chi connectivity index (χ2n) is 4.72. The van der Waals surface area contributed by atoms with E-state index < -0.39 is 23.3 Å². The molecule has 0 aliphatic rings. The molecule has 0 aliphatic heterocycles. The maximum atomic E-state index is 12.0.